The second-order valence-corrected chi connectivity index (χ2v) is 4.81. The lowest BCUT2D eigenvalue weighted by atomic mass is 10.0. The smallest absolute Gasteiger partial charge is 0.329 e. The predicted molar refractivity (Wildman–Crippen MR) is 62.6 cm³/mol. The fourth-order valence-electron chi connectivity index (χ4n) is 1.79. The molecule has 6 heteroatoms. The maximum absolute atomic E-state index is 11.5. The van der Waals surface area contributed by atoms with Crippen molar-refractivity contribution in [2.24, 2.45) is 0 Å². The Kier molecular flexibility index (Phi) is 4.69. The fraction of sp³-hybridized carbons (Fsp3) is 0.750. The molecule has 1 aliphatic heterocycles. The highest BCUT2D eigenvalue weighted by atomic mass is 16.6. The van der Waals surface area contributed by atoms with Crippen molar-refractivity contribution in [2.75, 3.05) is 6.61 Å². The monoisotopic (exact) mass is 257 g/mol. The number of hydrogen-bond acceptors (Lipinski definition) is 5. The van der Waals surface area contributed by atoms with Crippen molar-refractivity contribution in [1.82, 2.24) is 5.32 Å². The van der Waals surface area contributed by atoms with Crippen LogP contribution >= 0.6 is 0 Å². The summed E-state index contributed by atoms with van der Waals surface area (Å²) in [7, 11) is 0. The molecule has 0 saturated carbocycles. The predicted octanol–water partition coefficient (Wildman–Crippen LogP) is 0.540. The van der Waals surface area contributed by atoms with Crippen LogP contribution in [-0.2, 0) is 23.9 Å². The molecule has 0 bridgehead atoms. The molecule has 1 heterocycles. The quantitative estimate of drug-likeness (QED) is 0.727. The number of cyclic esters (lactones) is 1. The Bertz CT molecular complexity index is 350. The second kappa shape index (κ2) is 5.84. The first-order valence-corrected chi connectivity index (χ1v) is 6.02. The Morgan fingerprint density at radius 2 is 2.11 bits per heavy atom. The van der Waals surface area contributed by atoms with Gasteiger partial charge in [0.25, 0.3) is 0 Å². The molecule has 0 radical (unpaired) electrons. The topological polar surface area (TPSA) is 81.7 Å². The average Bonchev–Trinajstić information content (AvgIpc) is 2.49. The van der Waals surface area contributed by atoms with Crippen molar-refractivity contribution in [2.45, 2.75) is 51.7 Å². The molecule has 1 atom stereocenters. The largest absolute Gasteiger partial charge is 0.466 e. The molecule has 0 aromatic carbocycles. The van der Waals surface area contributed by atoms with Crippen LogP contribution < -0.4 is 5.32 Å². The number of amides is 1. The Labute approximate surface area is 106 Å². The Hall–Kier alpha value is -1.59. The number of rotatable bonds is 5. The lowest BCUT2D eigenvalue weighted by Crippen LogP contribution is -2.38. The number of carbonyl (C=O) groups is 3. The van der Waals surface area contributed by atoms with Crippen LogP contribution in [0.1, 0.15) is 40.0 Å². The van der Waals surface area contributed by atoms with Crippen molar-refractivity contribution in [3.8, 4) is 0 Å². The van der Waals surface area contributed by atoms with Gasteiger partial charge in [-0.15, -0.1) is 0 Å². The SMILES string of the molecule is CCOC(=O)CCC(=O)NC1CC(C)(C)OC1=O. The molecule has 1 fully saturated rings. The van der Waals surface area contributed by atoms with Crippen LogP contribution in [-0.4, -0.2) is 36.1 Å². The fourth-order valence-corrected chi connectivity index (χ4v) is 1.79. The Morgan fingerprint density at radius 1 is 1.44 bits per heavy atom. The van der Waals surface area contributed by atoms with E-state index in [1.54, 1.807) is 20.8 Å². The molecule has 0 aromatic heterocycles. The van der Waals surface area contributed by atoms with Crippen LogP contribution in [0.25, 0.3) is 0 Å². The minimum absolute atomic E-state index is 0.0169. The van der Waals surface area contributed by atoms with Gasteiger partial charge in [0.15, 0.2) is 0 Å². The molecule has 1 saturated heterocycles. The molecule has 18 heavy (non-hydrogen) atoms. The molecule has 0 spiro atoms. The van der Waals surface area contributed by atoms with Crippen LogP contribution in [0.2, 0.25) is 0 Å². The highest BCUT2D eigenvalue weighted by Gasteiger charge is 2.40. The third kappa shape index (κ3) is 4.35. The minimum atomic E-state index is -0.616. The summed E-state index contributed by atoms with van der Waals surface area (Å²) in [6, 6.07) is -0.616. The molecule has 1 rings (SSSR count). The van der Waals surface area contributed by atoms with Crippen molar-refractivity contribution < 1.29 is 23.9 Å². The molecule has 1 unspecified atom stereocenters. The van der Waals surface area contributed by atoms with Crippen molar-refractivity contribution in [1.29, 1.82) is 0 Å². The van der Waals surface area contributed by atoms with Crippen LogP contribution in [0.5, 0.6) is 0 Å². The van der Waals surface area contributed by atoms with E-state index >= 15 is 0 Å². The molecule has 1 N–H and O–H groups in total. The first kappa shape index (κ1) is 14.5. The van der Waals surface area contributed by atoms with E-state index in [-0.39, 0.29) is 18.7 Å². The van der Waals surface area contributed by atoms with Gasteiger partial charge in [-0.05, 0) is 20.8 Å². The van der Waals surface area contributed by atoms with Crippen molar-refractivity contribution in [3.63, 3.8) is 0 Å². The second-order valence-electron chi connectivity index (χ2n) is 4.81. The number of nitrogens with one attached hydrogen (secondary N) is 1. The van der Waals surface area contributed by atoms with Gasteiger partial charge >= 0.3 is 11.9 Å². The zero-order valence-corrected chi connectivity index (χ0v) is 10.9. The van der Waals surface area contributed by atoms with E-state index in [2.05, 4.69) is 5.32 Å². The van der Waals surface area contributed by atoms with Crippen LogP contribution in [0.3, 0.4) is 0 Å². The number of esters is 2. The van der Waals surface area contributed by atoms with E-state index in [0.29, 0.717) is 13.0 Å². The van der Waals surface area contributed by atoms with Gasteiger partial charge in [0.2, 0.25) is 5.91 Å². The van der Waals surface area contributed by atoms with Crippen LogP contribution in [0.15, 0.2) is 0 Å². The Morgan fingerprint density at radius 3 is 2.61 bits per heavy atom. The maximum Gasteiger partial charge on any atom is 0.329 e. The lowest BCUT2D eigenvalue weighted by Gasteiger charge is -2.14. The zero-order chi connectivity index (χ0) is 13.8. The van der Waals surface area contributed by atoms with E-state index < -0.39 is 23.6 Å². The molecular formula is C12H19NO5. The normalized spacial score (nSPS) is 21.3. The van der Waals surface area contributed by atoms with E-state index in [4.69, 9.17) is 9.47 Å². The summed E-state index contributed by atoms with van der Waals surface area (Å²) in [6.07, 6.45) is 0.477. The highest BCUT2D eigenvalue weighted by Crippen LogP contribution is 2.25. The maximum atomic E-state index is 11.5. The Balaban J connectivity index is 2.33. The third-order valence-corrected chi connectivity index (χ3v) is 2.55. The van der Waals surface area contributed by atoms with Crippen LogP contribution in [0, 0.1) is 0 Å². The first-order chi connectivity index (χ1) is 8.34. The van der Waals surface area contributed by atoms with E-state index in [0.717, 1.165) is 0 Å². The van der Waals surface area contributed by atoms with Gasteiger partial charge in [-0.2, -0.15) is 0 Å². The summed E-state index contributed by atoms with van der Waals surface area (Å²) in [5, 5.41) is 2.56. The van der Waals surface area contributed by atoms with Gasteiger partial charge < -0.3 is 14.8 Å². The van der Waals surface area contributed by atoms with Crippen molar-refractivity contribution >= 4 is 17.8 Å². The summed E-state index contributed by atoms with van der Waals surface area (Å²) in [5.41, 5.74) is -0.545. The van der Waals surface area contributed by atoms with E-state index in [1.807, 2.05) is 0 Å². The number of carbonyl (C=O) groups excluding carboxylic acids is 3. The molecule has 0 aromatic rings. The standard InChI is InChI=1S/C12H19NO5/c1-4-17-10(15)6-5-9(14)13-8-7-12(2,3)18-11(8)16/h8H,4-7H2,1-3H3,(H,13,14). The summed E-state index contributed by atoms with van der Waals surface area (Å²) in [4.78, 5) is 34.0. The van der Waals surface area contributed by atoms with Gasteiger partial charge in [-0.25, -0.2) is 4.79 Å². The molecule has 6 nitrogen and oxygen atoms in total. The molecule has 1 aliphatic rings. The molecule has 0 aliphatic carbocycles. The summed E-state index contributed by atoms with van der Waals surface area (Å²) >= 11 is 0. The number of hydrogen-bond donors (Lipinski definition) is 1. The molecular weight excluding hydrogens is 238 g/mol. The summed E-state index contributed by atoms with van der Waals surface area (Å²) in [6.45, 7) is 5.57. The third-order valence-electron chi connectivity index (χ3n) is 2.55. The minimum Gasteiger partial charge on any atom is -0.466 e. The summed E-state index contributed by atoms with van der Waals surface area (Å²) in [5.74, 6) is -1.19. The molecule has 1 amide bonds. The first-order valence-electron chi connectivity index (χ1n) is 6.02. The summed E-state index contributed by atoms with van der Waals surface area (Å²) < 4.78 is 9.79. The highest BCUT2D eigenvalue weighted by molar-refractivity contribution is 5.87. The van der Waals surface area contributed by atoms with Gasteiger partial charge in [-0.3, -0.25) is 9.59 Å². The number of ether oxygens (including phenoxy) is 2. The van der Waals surface area contributed by atoms with Gasteiger partial charge in [0, 0.05) is 12.8 Å². The van der Waals surface area contributed by atoms with E-state index in [1.165, 1.54) is 0 Å². The average molecular weight is 257 g/mol. The van der Waals surface area contributed by atoms with Gasteiger partial charge in [0.05, 0.1) is 13.0 Å². The zero-order valence-electron chi connectivity index (χ0n) is 10.9. The van der Waals surface area contributed by atoms with E-state index in [9.17, 15) is 14.4 Å². The lowest BCUT2D eigenvalue weighted by molar-refractivity contribution is -0.148. The van der Waals surface area contributed by atoms with Gasteiger partial charge in [-0.1, -0.05) is 0 Å². The van der Waals surface area contributed by atoms with Crippen LogP contribution in [0.4, 0.5) is 0 Å². The van der Waals surface area contributed by atoms with Gasteiger partial charge in [0.1, 0.15) is 11.6 Å². The molecule has 102 valence electrons. The van der Waals surface area contributed by atoms with Crippen molar-refractivity contribution in [3.05, 3.63) is 0 Å².